The molecule has 0 aliphatic heterocycles. The predicted octanol–water partition coefficient (Wildman–Crippen LogP) is 0.636. The molecule has 13 heavy (non-hydrogen) atoms. The number of carbonyl (C=O) groups excluding carboxylic acids is 1. The largest absolute Gasteiger partial charge is 0.383 e. The topological polar surface area (TPSA) is 63.3 Å². The third-order valence-electron chi connectivity index (χ3n) is 1.94. The summed E-state index contributed by atoms with van der Waals surface area (Å²) in [6.45, 7) is 1.33. The van der Waals surface area contributed by atoms with Crippen LogP contribution in [0.15, 0.2) is 30.3 Å². The van der Waals surface area contributed by atoms with Gasteiger partial charge in [-0.3, -0.25) is 4.79 Å². The van der Waals surface area contributed by atoms with Crippen LogP contribution in [0.2, 0.25) is 0 Å². The highest BCUT2D eigenvalue weighted by Gasteiger charge is 2.20. The molecule has 0 aliphatic carbocycles. The Bertz CT molecular complexity index is 284. The molecule has 3 N–H and O–H groups in total. The lowest BCUT2D eigenvalue weighted by Gasteiger charge is -2.16. The average Bonchev–Trinajstić information content (AvgIpc) is 2.17. The summed E-state index contributed by atoms with van der Waals surface area (Å²) in [7, 11) is 0. The number of hydrogen-bond donors (Lipinski definition) is 2. The third kappa shape index (κ3) is 2.37. The van der Waals surface area contributed by atoms with Crippen molar-refractivity contribution >= 4 is 5.78 Å². The molecule has 0 amide bonds. The summed E-state index contributed by atoms with van der Waals surface area (Å²) in [5, 5.41) is 9.37. The van der Waals surface area contributed by atoms with E-state index in [4.69, 9.17) is 5.73 Å². The maximum Gasteiger partial charge on any atom is 0.160 e. The number of carbonyl (C=O) groups is 1. The normalized spacial score (nSPS) is 15.0. The van der Waals surface area contributed by atoms with Crippen LogP contribution in [0.3, 0.4) is 0 Å². The van der Waals surface area contributed by atoms with E-state index < -0.39 is 12.1 Å². The van der Waals surface area contributed by atoms with Gasteiger partial charge in [-0.1, -0.05) is 30.3 Å². The first kappa shape index (κ1) is 9.89. The first-order valence-corrected chi connectivity index (χ1v) is 4.12. The lowest BCUT2D eigenvalue weighted by Crippen LogP contribution is -2.31. The zero-order chi connectivity index (χ0) is 9.84. The Morgan fingerprint density at radius 3 is 2.38 bits per heavy atom. The maximum absolute atomic E-state index is 10.8. The van der Waals surface area contributed by atoms with Crippen molar-refractivity contribution in [1.29, 1.82) is 0 Å². The van der Waals surface area contributed by atoms with Crippen LogP contribution in [0.5, 0.6) is 0 Å². The molecule has 1 rings (SSSR count). The van der Waals surface area contributed by atoms with Gasteiger partial charge in [0.1, 0.15) is 6.10 Å². The number of Topliss-reactive ketones (excluding diaryl/α,β-unsaturated/α-hetero) is 1. The Labute approximate surface area is 77.2 Å². The van der Waals surface area contributed by atoms with E-state index in [1.165, 1.54) is 6.92 Å². The van der Waals surface area contributed by atoms with Gasteiger partial charge < -0.3 is 10.8 Å². The number of nitrogens with two attached hydrogens (primary N) is 1. The fourth-order valence-corrected chi connectivity index (χ4v) is 1.11. The zero-order valence-corrected chi connectivity index (χ0v) is 7.47. The fourth-order valence-electron chi connectivity index (χ4n) is 1.11. The first-order chi connectivity index (χ1) is 6.13. The summed E-state index contributed by atoms with van der Waals surface area (Å²) >= 11 is 0. The van der Waals surface area contributed by atoms with Crippen molar-refractivity contribution in [3.05, 3.63) is 35.9 Å². The second-order valence-corrected chi connectivity index (χ2v) is 2.99. The van der Waals surface area contributed by atoms with Crippen molar-refractivity contribution in [2.75, 3.05) is 0 Å². The molecule has 0 heterocycles. The summed E-state index contributed by atoms with van der Waals surface area (Å²) in [6, 6.07) is 8.45. The van der Waals surface area contributed by atoms with Gasteiger partial charge in [0.25, 0.3) is 0 Å². The van der Waals surface area contributed by atoms with Crippen molar-refractivity contribution < 1.29 is 9.90 Å². The summed E-state index contributed by atoms with van der Waals surface area (Å²) in [6.07, 6.45) is -1.11. The predicted molar refractivity (Wildman–Crippen MR) is 50.1 cm³/mol. The lowest BCUT2D eigenvalue weighted by atomic mass is 10.0. The summed E-state index contributed by atoms with van der Waals surface area (Å²) in [5.74, 6) is -0.309. The standard InChI is InChI=1S/C10H13NO2/c1-7(12)10(13)9(11)8-5-3-2-4-6-8/h2-6,9-10,13H,11H2,1H3/t9-,10?/m0/s1. The molecule has 70 valence electrons. The van der Waals surface area contributed by atoms with Gasteiger partial charge in [0, 0.05) is 0 Å². The number of benzene rings is 1. The van der Waals surface area contributed by atoms with Crippen LogP contribution in [-0.2, 0) is 4.79 Å². The van der Waals surface area contributed by atoms with Crippen LogP contribution in [0.25, 0.3) is 0 Å². The second kappa shape index (κ2) is 4.16. The Morgan fingerprint density at radius 1 is 1.38 bits per heavy atom. The molecule has 1 unspecified atom stereocenters. The smallest absolute Gasteiger partial charge is 0.160 e. The molecule has 3 nitrogen and oxygen atoms in total. The number of rotatable bonds is 3. The fraction of sp³-hybridized carbons (Fsp3) is 0.300. The van der Waals surface area contributed by atoms with Crippen molar-refractivity contribution in [1.82, 2.24) is 0 Å². The van der Waals surface area contributed by atoms with E-state index in [1.54, 1.807) is 12.1 Å². The van der Waals surface area contributed by atoms with Gasteiger partial charge in [-0.15, -0.1) is 0 Å². The molecule has 1 aromatic rings. The molecular formula is C10H13NO2. The van der Waals surface area contributed by atoms with Crippen LogP contribution in [0.1, 0.15) is 18.5 Å². The van der Waals surface area contributed by atoms with Crippen LogP contribution < -0.4 is 5.73 Å². The highest BCUT2D eigenvalue weighted by molar-refractivity contribution is 5.81. The highest BCUT2D eigenvalue weighted by Crippen LogP contribution is 2.13. The highest BCUT2D eigenvalue weighted by atomic mass is 16.3. The molecule has 0 radical (unpaired) electrons. The van der Waals surface area contributed by atoms with Gasteiger partial charge in [-0.05, 0) is 12.5 Å². The molecule has 0 spiro atoms. The van der Waals surface area contributed by atoms with Gasteiger partial charge in [-0.2, -0.15) is 0 Å². The Hall–Kier alpha value is -1.19. The molecule has 0 aromatic heterocycles. The van der Waals surface area contributed by atoms with Gasteiger partial charge >= 0.3 is 0 Å². The van der Waals surface area contributed by atoms with Gasteiger partial charge in [0.15, 0.2) is 5.78 Å². The average molecular weight is 179 g/mol. The lowest BCUT2D eigenvalue weighted by molar-refractivity contribution is -0.125. The minimum absolute atomic E-state index is 0.309. The van der Waals surface area contributed by atoms with Crippen molar-refractivity contribution in [3.63, 3.8) is 0 Å². The monoisotopic (exact) mass is 179 g/mol. The van der Waals surface area contributed by atoms with Crippen LogP contribution in [0.4, 0.5) is 0 Å². The van der Waals surface area contributed by atoms with E-state index in [0.29, 0.717) is 0 Å². The molecule has 2 atom stereocenters. The van der Waals surface area contributed by atoms with E-state index >= 15 is 0 Å². The minimum Gasteiger partial charge on any atom is -0.383 e. The number of ketones is 1. The Balaban J connectivity index is 2.79. The SMILES string of the molecule is CC(=O)C(O)[C@@H](N)c1ccccc1. The van der Waals surface area contributed by atoms with Gasteiger partial charge in [-0.25, -0.2) is 0 Å². The minimum atomic E-state index is -1.11. The Kier molecular flexibility index (Phi) is 3.17. The summed E-state index contributed by atoms with van der Waals surface area (Å²) in [4.78, 5) is 10.8. The van der Waals surface area contributed by atoms with Crippen LogP contribution in [0, 0.1) is 0 Å². The van der Waals surface area contributed by atoms with E-state index in [2.05, 4.69) is 0 Å². The van der Waals surface area contributed by atoms with Crippen molar-refractivity contribution in [3.8, 4) is 0 Å². The zero-order valence-electron chi connectivity index (χ0n) is 7.47. The third-order valence-corrected chi connectivity index (χ3v) is 1.94. The van der Waals surface area contributed by atoms with Crippen molar-refractivity contribution in [2.24, 2.45) is 5.73 Å². The molecule has 0 fully saturated rings. The number of aliphatic hydroxyl groups is 1. The summed E-state index contributed by atoms with van der Waals surface area (Å²) < 4.78 is 0. The molecule has 0 bridgehead atoms. The molecule has 3 heteroatoms. The van der Waals surface area contributed by atoms with E-state index in [0.717, 1.165) is 5.56 Å². The van der Waals surface area contributed by atoms with E-state index in [1.807, 2.05) is 18.2 Å². The van der Waals surface area contributed by atoms with E-state index in [-0.39, 0.29) is 5.78 Å². The van der Waals surface area contributed by atoms with Gasteiger partial charge in [0.05, 0.1) is 6.04 Å². The molecule has 1 aromatic carbocycles. The molecule has 0 aliphatic rings. The van der Waals surface area contributed by atoms with Gasteiger partial charge in [0.2, 0.25) is 0 Å². The van der Waals surface area contributed by atoms with Crippen molar-refractivity contribution in [2.45, 2.75) is 19.1 Å². The first-order valence-electron chi connectivity index (χ1n) is 4.12. The molecule has 0 saturated heterocycles. The summed E-state index contributed by atoms with van der Waals surface area (Å²) in [5.41, 5.74) is 6.44. The maximum atomic E-state index is 10.8. The van der Waals surface area contributed by atoms with E-state index in [9.17, 15) is 9.90 Å². The number of hydrogen-bond acceptors (Lipinski definition) is 3. The Morgan fingerprint density at radius 2 is 1.92 bits per heavy atom. The quantitative estimate of drug-likeness (QED) is 0.715. The second-order valence-electron chi connectivity index (χ2n) is 2.99. The molecule has 0 saturated carbocycles. The molecular weight excluding hydrogens is 166 g/mol. The number of aliphatic hydroxyl groups excluding tert-OH is 1. The van der Waals surface area contributed by atoms with Crippen LogP contribution >= 0.6 is 0 Å². The van der Waals surface area contributed by atoms with Crippen LogP contribution in [-0.4, -0.2) is 17.0 Å².